The van der Waals surface area contributed by atoms with Crippen LogP contribution in [0.5, 0.6) is 0 Å². The Morgan fingerprint density at radius 1 is 1.12 bits per heavy atom. The summed E-state index contributed by atoms with van der Waals surface area (Å²) in [6, 6.07) is 15.1. The molecule has 0 aliphatic rings. The molecule has 8 heteroatoms. The number of nitrogens with one attached hydrogen (secondary N) is 1. The molecule has 0 saturated heterocycles. The van der Waals surface area contributed by atoms with Crippen LogP contribution in [0.1, 0.15) is 6.92 Å². The van der Waals surface area contributed by atoms with E-state index in [1.807, 2.05) is 53.9 Å². The molecule has 1 N–H and O–H groups in total. The lowest BCUT2D eigenvalue weighted by Crippen LogP contribution is -2.04. The van der Waals surface area contributed by atoms with Crippen LogP contribution >= 0.6 is 22.7 Å². The summed E-state index contributed by atoms with van der Waals surface area (Å²) < 4.78 is 14.2. The van der Waals surface area contributed by atoms with Crippen molar-refractivity contribution in [3.05, 3.63) is 53.9 Å². The third-order valence-electron chi connectivity index (χ3n) is 3.57. The highest BCUT2D eigenvalue weighted by Gasteiger charge is 2.14. The van der Waals surface area contributed by atoms with Gasteiger partial charge in [0.2, 0.25) is 5.91 Å². The number of aromatic nitrogens is 2. The number of hydrogen-bond donors (Lipinski definition) is 1. The molecule has 1 unspecified atom stereocenters. The molecule has 2 aromatic carbocycles. The average Bonchev–Trinajstić information content (AvgIpc) is 3.27. The number of fused-ring (bicyclic) bond motifs is 1. The molecule has 0 fully saturated rings. The second kappa shape index (κ2) is 7.06. The van der Waals surface area contributed by atoms with Gasteiger partial charge in [-0.1, -0.05) is 35.6 Å². The minimum atomic E-state index is -1.28. The van der Waals surface area contributed by atoms with Crippen molar-refractivity contribution in [3.63, 3.8) is 0 Å². The molecule has 26 heavy (non-hydrogen) atoms. The number of anilines is 1. The molecule has 0 aliphatic carbocycles. The van der Waals surface area contributed by atoms with Crippen molar-refractivity contribution in [1.82, 2.24) is 9.97 Å². The zero-order valence-electron chi connectivity index (χ0n) is 13.6. The summed E-state index contributed by atoms with van der Waals surface area (Å²) >= 11 is 2.80. The predicted octanol–water partition coefficient (Wildman–Crippen LogP) is 4.54. The third kappa shape index (κ3) is 3.44. The SMILES string of the molecule is CC(=O)Nc1nc2ccc(-c3csc(S(=O)c4ccccc4)n3)cc2s1. The number of nitrogens with zero attached hydrogens (tertiary/aromatic N) is 2. The normalized spacial score (nSPS) is 12.2. The molecule has 1 amide bonds. The Balaban J connectivity index is 1.64. The molecular weight excluding hydrogens is 386 g/mol. The van der Waals surface area contributed by atoms with Crippen molar-refractivity contribution < 1.29 is 9.00 Å². The highest BCUT2D eigenvalue weighted by atomic mass is 32.2. The number of carbonyl (C=O) groups excluding carboxylic acids is 1. The van der Waals surface area contributed by atoms with Crippen LogP contribution < -0.4 is 5.32 Å². The van der Waals surface area contributed by atoms with Crippen molar-refractivity contribution in [3.8, 4) is 11.3 Å². The van der Waals surface area contributed by atoms with Gasteiger partial charge >= 0.3 is 0 Å². The van der Waals surface area contributed by atoms with Crippen molar-refractivity contribution >= 4 is 54.7 Å². The number of hydrogen-bond acceptors (Lipinski definition) is 6. The summed E-state index contributed by atoms with van der Waals surface area (Å²) in [5.41, 5.74) is 2.54. The van der Waals surface area contributed by atoms with E-state index in [0.717, 1.165) is 26.4 Å². The van der Waals surface area contributed by atoms with Crippen molar-refractivity contribution in [1.29, 1.82) is 0 Å². The number of thiazole rings is 2. The maximum absolute atomic E-state index is 12.6. The predicted molar refractivity (Wildman–Crippen MR) is 106 cm³/mol. The largest absolute Gasteiger partial charge is 0.302 e. The first-order chi connectivity index (χ1) is 12.6. The molecule has 5 nitrogen and oxygen atoms in total. The molecule has 4 rings (SSSR count). The highest BCUT2D eigenvalue weighted by Crippen LogP contribution is 2.32. The summed E-state index contributed by atoms with van der Waals surface area (Å²) in [6.07, 6.45) is 0. The molecule has 4 aromatic rings. The number of carbonyl (C=O) groups is 1. The topological polar surface area (TPSA) is 72.0 Å². The van der Waals surface area contributed by atoms with Gasteiger partial charge in [-0.2, -0.15) is 0 Å². The zero-order chi connectivity index (χ0) is 18.1. The molecule has 0 aliphatic heterocycles. The number of amides is 1. The van der Waals surface area contributed by atoms with E-state index in [9.17, 15) is 9.00 Å². The van der Waals surface area contributed by atoms with Gasteiger partial charge in [-0.25, -0.2) is 14.2 Å². The molecule has 0 spiro atoms. The van der Waals surface area contributed by atoms with Crippen molar-refractivity contribution in [2.45, 2.75) is 16.2 Å². The fourth-order valence-corrected chi connectivity index (χ4v) is 5.48. The molecule has 0 saturated carbocycles. The van der Waals surface area contributed by atoms with Gasteiger partial charge in [0.15, 0.2) is 9.47 Å². The van der Waals surface area contributed by atoms with Crippen LogP contribution in [0.2, 0.25) is 0 Å². The van der Waals surface area contributed by atoms with Crippen LogP contribution in [-0.4, -0.2) is 20.1 Å². The summed E-state index contributed by atoms with van der Waals surface area (Å²) in [6.45, 7) is 1.46. The number of rotatable bonds is 4. The summed E-state index contributed by atoms with van der Waals surface area (Å²) in [5, 5.41) is 5.19. The van der Waals surface area contributed by atoms with E-state index in [1.54, 1.807) is 0 Å². The maximum atomic E-state index is 12.6. The van der Waals surface area contributed by atoms with Crippen LogP contribution in [0.15, 0.2) is 63.1 Å². The Labute approximate surface area is 160 Å². The van der Waals surface area contributed by atoms with Gasteiger partial charge in [0.25, 0.3) is 0 Å². The zero-order valence-corrected chi connectivity index (χ0v) is 16.1. The standard InChI is InChI=1S/C18H13N3O2S3/c1-11(22)19-17-20-14-8-7-12(9-16(14)25-17)15-10-24-18(21-15)26(23)13-5-3-2-4-6-13/h2-10H,1H3,(H,19,20,22). The summed E-state index contributed by atoms with van der Waals surface area (Å²) in [5.74, 6) is -0.142. The summed E-state index contributed by atoms with van der Waals surface area (Å²) in [4.78, 5) is 20.9. The lowest BCUT2D eigenvalue weighted by Gasteiger charge is -1.98. The Morgan fingerprint density at radius 2 is 1.92 bits per heavy atom. The van der Waals surface area contributed by atoms with E-state index in [2.05, 4.69) is 15.3 Å². The smallest absolute Gasteiger partial charge is 0.223 e. The van der Waals surface area contributed by atoms with E-state index in [-0.39, 0.29) is 5.91 Å². The second-order valence-electron chi connectivity index (χ2n) is 5.46. The average molecular weight is 400 g/mol. The fourth-order valence-electron chi connectivity index (χ4n) is 2.41. The minimum Gasteiger partial charge on any atom is -0.302 e. The van der Waals surface area contributed by atoms with Gasteiger partial charge < -0.3 is 5.32 Å². The quantitative estimate of drug-likeness (QED) is 0.547. The van der Waals surface area contributed by atoms with Crippen LogP contribution in [0.25, 0.3) is 21.5 Å². The van der Waals surface area contributed by atoms with Crippen molar-refractivity contribution in [2.24, 2.45) is 0 Å². The lowest BCUT2D eigenvalue weighted by atomic mass is 10.2. The first-order valence-corrected chi connectivity index (χ1v) is 10.6. The first kappa shape index (κ1) is 17.0. The second-order valence-corrected chi connectivity index (χ2v) is 9.01. The van der Waals surface area contributed by atoms with Gasteiger partial charge in [-0.05, 0) is 24.3 Å². The Kier molecular flexibility index (Phi) is 4.62. The molecular formula is C18H13N3O2S3. The molecule has 130 valence electrons. The van der Waals surface area contributed by atoms with Gasteiger partial charge in [-0.15, -0.1) is 11.3 Å². The van der Waals surface area contributed by atoms with Crippen LogP contribution in [-0.2, 0) is 15.6 Å². The van der Waals surface area contributed by atoms with E-state index in [4.69, 9.17) is 0 Å². The maximum Gasteiger partial charge on any atom is 0.223 e. The van der Waals surface area contributed by atoms with E-state index < -0.39 is 10.8 Å². The van der Waals surface area contributed by atoms with Gasteiger partial charge in [0, 0.05) is 22.8 Å². The van der Waals surface area contributed by atoms with Gasteiger partial charge in [0.1, 0.15) is 10.8 Å². The van der Waals surface area contributed by atoms with Crippen LogP contribution in [0.4, 0.5) is 5.13 Å². The number of benzene rings is 2. The van der Waals surface area contributed by atoms with Gasteiger partial charge in [-0.3, -0.25) is 4.79 Å². The Hall–Kier alpha value is -2.42. The Bertz CT molecular complexity index is 1120. The minimum absolute atomic E-state index is 0.142. The molecule has 1 atom stereocenters. The van der Waals surface area contributed by atoms with E-state index in [0.29, 0.717) is 9.47 Å². The van der Waals surface area contributed by atoms with E-state index in [1.165, 1.54) is 29.6 Å². The summed E-state index contributed by atoms with van der Waals surface area (Å²) in [7, 11) is -1.28. The molecule has 2 heterocycles. The van der Waals surface area contributed by atoms with Crippen LogP contribution in [0, 0.1) is 0 Å². The van der Waals surface area contributed by atoms with Crippen molar-refractivity contribution in [2.75, 3.05) is 5.32 Å². The monoisotopic (exact) mass is 399 g/mol. The van der Waals surface area contributed by atoms with Gasteiger partial charge in [0.05, 0.1) is 15.9 Å². The third-order valence-corrected chi connectivity index (χ3v) is 6.99. The highest BCUT2D eigenvalue weighted by molar-refractivity contribution is 7.87. The molecule has 0 bridgehead atoms. The molecule has 2 aromatic heterocycles. The van der Waals surface area contributed by atoms with Crippen LogP contribution in [0.3, 0.4) is 0 Å². The fraction of sp³-hybridized carbons (Fsp3) is 0.0556. The molecule has 0 radical (unpaired) electrons. The lowest BCUT2D eigenvalue weighted by molar-refractivity contribution is -0.114. The Morgan fingerprint density at radius 3 is 2.69 bits per heavy atom. The van der Waals surface area contributed by atoms with E-state index >= 15 is 0 Å². The first-order valence-electron chi connectivity index (χ1n) is 7.71.